The van der Waals surface area contributed by atoms with Gasteiger partial charge in [0.25, 0.3) is 0 Å². The van der Waals surface area contributed by atoms with Gasteiger partial charge in [0, 0.05) is 6.54 Å². The lowest BCUT2D eigenvalue weighted by atomic mass is 9.81. The summed E-state index contributed by atoms with van der Waals surface area (Å²) in [6, 6.07) is 10.7. The van der Waals surface area contributed by atoms with Gasteiger partial charge in [-0.2, -0.15) is 0 Å². The first-order valence-corrected chi connectivity index (χ1v) is 8.72. The van der Waals surface area contributed by atoms with Gasteiger partial charge in [0.05, 0.1) is 12.1 Å². The Bertz CT molecular complexity index is 792. The highest BCUT2D eigenvalue weighted by molar-refractivity contribution is 5.69. The van der Waals surface area contributed by atoms with Gasteiger partial charge < -0.3 is 9.84 Å². The summed E-state index contributed by atoms with van der Waals surface area (Å²) in [5, 5.41) is 10.1. The van der Waals surface area contributed by atoms with E-state index in [4.69, 9.17) is 4.74 Å². The number of ether oxygens (including phenoxy) is 1. The van der Waals surface area contributed by atoms with Gasteiger partial charge >= 0.3 is 6.09 Å². The summed E-state index contributed by atoms with van der Waals surface area (Å²) in [4.78, 5) is 14.0. The normalized spacial score (nSPS) is 19.8. The van der Waals surface area contributed by atoms with Gasteiger partial charge in [-0.05, 0) is 42.5 Å². The summed E-state index contributed by atoms with van der Waals surface area (Å²) < 4.78 is 46.2. The molecular formula is C20H20F3NO3. The van der Waals surface area contributed by atoms with Crippen LogP contribution in [-0.4, -0.2) is 29.3 Å². The molecule has 2 aromatic carbocycles. The minimum atomic E-state index is -1.58. The molecule has 3 rings (SSSR count). The van der Waals surface area contributed by atoms with Crippen molar-refractivity contribution in [2.75, 3.05) is 13.2 Å². The number of piperidine rings is 1. The van der Waals surface area contributed by atoms with E-state index < -0.39 is 35.7 Å². The molecular weight excluding hydrogens is 359 g/mol. The molecule has 7 heteroatoms. The second-order valence-corrected chi connectivity index (χ2v) is 6.59. The highest BCUT2D eigenvalue weighted by atomic mass is 19.2. The van der Waals surface area contributed by atoms with Crippen LogP contribution in [0.1, 0.15) is 30.4 Å². The summed E-state index contributed by atoms with van der Waals surface area (Å²) in [7, 11) is 0. The lowest BCUT2D eigenvalue weighted by Crippen LogP contribution is -2.54. The van der Waals surface area contributed by atoms with Crippen LogP contribution in [0.25, 0.3) is 0 Å². The molecule has 0 bridgehead atoms. The van der Waals surface area contributed by atoms with Crippen LogP contribution in [0.5, 0.6) is 0 Å². The molecule has 0 spiro atoms. The van der Waals surface area contributed by atoms with E-state index in [1.54, 1.807) is 12.1 Å². The maximum absolute atomic E-state index is 13.8. The highest BCUT2D eigenvalue weighted by Crippen LogP contribution is 2.39. The Morgan fingerprint density at radius 2 is 1.78 bits per heavy atom. The molecule has 0 unspecified atom stereocenters. The van der Waals surface area contributed by atoms with Crippen molar-refractivity contribution in [2.45, 2.75) is 31.4 Å². The summed E-state index contributed by atoms with van der Waals surface area (Å²) in [6.45, 7) is -0.267. The lowest BCUT2D eigenvalue weighted by Gasteiger charge is -2.45. The van der Waals surface area contributed by atoms with Gasteiger partial charge in [-0.3, -0.25) is 4.90 Å². The van der Waals surface area contributed by atoms with Crippen molar-refractivity contribution in [3.63, 3.8) is 0 Å². The number of hydrogen-bond donors (Lipinski definition) is 1. The summed E-state index contributed by atoms with van der Waals surface area (Å²) in [5.41, 5.74) is -0.560. The first kappa shape index (κ1) is 19.2. The highest BCUT2D eigenvalue weighted by Gasteiger charge is 2.44. The van der Waals surface area contributed by atoms with E-state index in [1.165, 1.54) is 4.90 Å². The Balaban J connectivity index is 1.89. The first-order chi connectivity index (χ1) is 13.0. The quantitative estimate of drug-likeness (QED) is 0.814. The fourth-order valence-corrected chi connectivity index (χ4v) is 3.48. The smallest absolute Gasteiger partial charge is 0.410 e. The number of amides is 1. The maximum atomic E-state index is 13.8. The van der Waals surface area contributed by atoms with E-state index in [-0.39, 0.29) is 25.1 Å². The van der Waals surface area contributed by atoms with Gasteiger partial charge in [0.1, 0.15) is 6.61 Å². The average molecular weight is 379 g/mol. The third-order valence-electron chi connectivity index (χ3n) is 4.95. The standard InChI is InChI=1S/C20H20F3NO3/c21-16-10-15(11-17(22)18(16)23)20(13-25)8-4-5-9-24(20)19(26)27-12-14-6-2-1-3-7-14/h1-3,6-7,10-11,25H,4-5,8-9,12-13H2/t20-/m0/s1. The molecule has 0 radical (unpaired) electrons. The Labute approximate surface area is 155 Å². The molecule has 0 aliphatic carbocycles. The third kappa shape index (κ3) is 3.78. The third-order valence-corrected chi connectivity index (χ3v) is 4.95. The largest absolute Gasteiger partial charge is 0.445 e. The number of likely N-dealkylation sites (tertiary alicyclic amines) is 1. The number of aliphatic hydroxyl groups is 1. The zero-order chi connectivity index (χ0) is 19.4. The average Bonchev–Trinajstić information content (AvgIpc) is 2.70. The molecule has 2 aromatic rings. The van der Waals surface area contributed by atoms with Crippen molar-refractivity contribution in [2.24, 2.45) is 0 Å². The second kappa shape index (κ2) is 8.00. The van der Waals surface area contributed by atoms with Crippen LogP contribution in [0, 0.1) is 17.5 Å². The van der Waals surface area contributed by atoms with Crippen LogP contribution in [0.4, 0.5) is 18.0 Å². The molecule has 144 valence electrons. The Morgan fingerprint density at radius 3 is 2.41 bits per heavy atom. The van der Waals surface area contributed by atoms with Crippen LogP contribution in [-0.2, 0) is 16.9 Å². The van der Waals surface area contributed by atoms with Crippen molar-refractivity contribution in [1.82, 2.24) is 4.90 Å². The Kier molecular flexibility index (Phi) is 5.70. The molecule has 1 amide bonds. The number of benzene rings is 2. The molecule has 27 heavy (non-hydrogen) atoms. The maximum Gasteiger partial charge on any atom is 0.410 e. The first-order valence-electron chi connectivity index (χ1n) is 8.72. The number of aliphatic hydroxyl groups excluding tert-OH is 1. The summed E-state index contributed by atoms with van der Waals surface area (Å²) in [6.07, 6.45) is 0.893. The van der Waals surface area contributed by atoms with E-state index in [1.807, 2.05) is 18.2 Å². The minimum Gasteiger partial charge on any atom is -0.445 e. The van der Waals surface area contributed by atoms with Crippen LogP contribution in [0.15, 0.2) is 42.5 Å². The topological polar surface area (TPSA) is 49.8 Å². The van der Waals surface area contributed by atoms with Crippen molar-refractivity contribution in [1.29, 1.82) is 0 Å². The number of rotatable bonds is 4. The van der Waals surface area contributed by atoms with Crippen molar-refractivity contribution < 1.29 is 27.8 Å². The Hall–Kier alpha value is -2.54. The molecule has 1 atom stereocenters. The van der Waals surface area contributed by atoms with Crippen LogP contribution < -0.4 is 0 Å². The van der Waals surface area contributed by atoms with Gasteiger partial charge in [-0.15, -0.1) is 0 Å². The molecule has 1 aliphatic rings. The molecule has 1 saturated heterocycles. The predicted molar refractivity (Wildman–Crippen MR) is 92.3 cm³/mol. The molecule has 4 nitrogen and oxygen atoms in total. The molecule has 1 fully saturated rings. The minimum absolute atomic E-state index is 0.0118. The summed E-state index contributed by atoms with van der Waals surface area (Å²) in [5.74, 6) is -4.30. The monoisotopic (exact) mass is 379 g/mol. The van der Waals surface area contributed by atoms with Crippen molar-refractivity contribution >= 4 is 6.09 Å². The fourth-order valence-electron chi connectivity index (χ4n) is 3.48. The van der Waals surface area contributed by atoms with E-state index in [0.717, 1.165) is 17.7 Å². The fraction of sp³-hybridized carbons (Fsp3) is 0.350. The van der Waals surface area contributed by atoms with Gasteiger partial charge in [0.15, 0.2) is 17.5 Å². The van der Waals surface area contributed by atoms with E-state index in [9.17, 15) is 23.1 Å². The Morgan fingerprint density at radius 1 is 1.11 bits per heavy atom. The van der Waals surface area contributed by atoms with E-state index in [2.05, 4.69) is 0 Å². The number of carbonyl (C=O) groups is 1. The van der Waals surface area contributed by atoms with E-state index in [0.29, 0.717) is 12.8 Å². The molecule has 0 aromatic heterocycles. The molecule has 1 N–H and O–H groups in total. The molecule has 1 heterocycles. The van der Waals surface area contributed by atoms with Gasteiger partial charge in [-0.25, -0.2) is 18.0 Å². The molecule has 0 saturated carbocycles. The van der Waals surface area contributed by atoms with Gasteiger partial charge in [0.2, 0.25) is 0 Å². The zero-order valence-electron chi connectivity index (χ0n) is 14.6. The summed E-state index contributed by atoms with van der Waals surface area (Å²) >= 11 is 0. The zero-order valence-corrected chi connectivity index (χ0v) is 14.6. The number of hydrogen-bond acceptors (Lipinski definition) is 3. The second-order valence-electron chi connectivity index (χ2n) is 6.59. The van der Waals surface area contributed by atoms with E-state index >= 15 is 0 Å². The number of nitrogens with zero attached hydrogens (tertiary/aromatic N) is 1. The van der Waals surface area contributed by atoms with Crippen molar-refractivity contribution in [3.8, 4) is 0 Å². The van der Waals surface area contributed by atoms with Gasteiger partial charge in [-0.1, -0.05) is 30.3 Å². The SMILES string of the molecule is O=C(OCc1ccccc1)N1CCCC[C@]1(CO)c1cc(F)c(F)c(F)c1. The number of halogens is 3. The molecule has 1 aliphatic heterocycles. The number of carbonyl (C=O) groups excluding carboxylic acids is 1. The lowest BCUT2D eigenvalue weighted by molar-refractivity contribution is -0.0105. The van der Waals surface area contributed by atoms with Crippen LogP contribution in [0.2, 0.25) is 0 Å². The predicted octanol–water partition coefficient (Wildman–Crippen LogP) is 4.11. The van der Waals surface area contributed by atoms with Crippen LogP contribution in [0.3, 0.4) is 0 Å². The van der Waals surface area contributed by atoms with Crippen LogP contribution >= 0.6 is 0 Å². The van der Waals surface area contributed by atoms with Crippen molar-refractivity contribution in [3.05, 3.63) is 71.0 Å².